The van der Waals surface area contributed by atoms with Crippen molar-refractivity contribution in [3.05, 3.63) is 35.5 Å². The number of ketones is 1. The van der Waals surface area contributed by atoms with E-state index in [4.69, 9.17) is 0 Å². The Morgan fingerprint density at radius 3 is 3.00 bits per heavy atom. The van der Waals surface area contributed by atoms with E-state index in [0.29, 0.717) is 12.0 Å². The summed E-state index contributed by atoms with van der Waals surface area (Å²) < 4.78 is 1.88. The van der Waals surface area contributed by atoms with Gasteiger partial charge in [0.1, 0.15) is 6.04 Å². The average Bonchev–Trinajstić information content (AvgIpc) is 2.78. The van der Waals surface area contributed by atoms with Gasteiger partial charge in [0.15, 0.2) is 5.78 Å². The topological polar surface area (TPSA) is 59.3 Å². The molecule has 1 aliphatic heterocycles. The van der Waals surface area contributed by atoms with Gasteiger partial charge < -0.3 is 9.67 Å². The van der Waals surface area contributed by atoms with Crippen molar-refractivity contribution in [3.8, 4) is 0 Å². The molecule has 1 atom stereocenters. The Bertz CT molecular complexity index is 803. The predicted molar refractivity (Wildman–Crippen MR) is 77.3 cm³/mol. The van der Waals surface area contributed by atoms with Crippen molar-refractivity contribution in [2.45, 2.75) is 17.5 Å². The van der Waals surface area contributed by atoms with Crippen molar-refractivity contribution in [1.29, 1.82) is 0 Å². The zero-order valence-corrected chi connectivity index (χ0v) is 11.3. The SMILES string of the molecule is O=C1C=Cc2c3c1cccc3c1n2C(C(=O)O)CCS1. The monoisotopic (exact) mass is 285 g/mol. The lowest BCUT2D eigenvalue weighted by Gasteiger charge is -2.24. The molecule has 4 nitrogen and oxygen atoms in total. The van der Waals surface area contributed by atoms with Crippen molar-refractivity contribution >= 4 is 40.4 Å². The molecule has 0 radical (unpaired) electrons. The number of aliphatic carboxylic acids is 1. The molecule has 0 fully saturated rings. The Kier molecular flexibility index (Phi) is 2.35. The van der Waals surface area contributed by atoms with Crippen molar-refractivity contribution in [3.63, 3.8) is 0 Å². The highest BCUT2D eigenvalue weighted by molar-refractivity contribution is 7.99. The van der Waals surface area contributed by atoms with Gasteiger partial charge in [0.2, 0.25) is 0 Å². The van der Waals surface area contributed by atoms with Gasteiger partial charge in [0.25, 0.3) is 0 Å². The van der Waals surface area contributed by atoms with Crippen LogP contribution in [-0.2, 0) is 4.79 Å². The number of rotatable bonds is 1. The molecule has 0 saturated carbocycles. The normalized spacial score (nSPS) is 20.2. The molecule has 1 aliphatic carbocycles. The fraction of sp³-hybridized carbons (Fsp3) is 0.200. The number of nitrogens with zero attached hydrogens (tertiary/aromatic N) is 1. The van der Waals surface area contributed by atoms with Gasteiger partial charge in [0.05, 0.1) is 10.7 Å². The molecule has 1 unspecified atom stereocenters. The number of carbonyl (C=O) groups is 2. The highest BCUT2D eigenvalue weighted by Crippen LogP contribution is 2.44. The summed E-state index contributed by atoms with van der Waals surface area (Å²) >= 11 is 1.67. The summed E-state index contributed by atoms with van der Waals surface area (Å²) in [6.45, 7) is 0. The van der Waals surface area contributed by atoms with Gasteiger partial charge in [-0.2, -0.15) is 0 Å². The first-order chi connectivity index (χ1) is 9.68. The molecular weight excluding hydrogens is 274 g/mol. The van der Waals surface area contributed by atoms with E-state index in [2.05, 4.69) is 0 Å². The predicted octanol–water partition coefficient (Wildman–Crippen LogP) is 2.97. The summed E-state index contributed by atoms with van der Waals surface area (Å²) in [4.78, 5) is 23.5. The van der Waals surface area contributed by atoms with E-state index in [9.17, 15) is 14.7 Å². The van der Waals surface area contributed by atoms with Crippen LogP contribution in [0.2, 0.25) is 0 Å². The molecule has 20 heavy (non-hydrogen) atoms. The largest absolute Gasteiger partial charge is 0.480 e. The first-order valence-electron chi connectivity index (χ1n) is 6.43. The summed E-state index contributed by atoms with van der Waals surface area (Å²) in [5.41, 5.74) is 1.52. The van der Waals surface area contributed by atoms with Crippen molar-refractivity contribution in [2.75, 3.05) is 5.75 Å². The van der Waals surface area contributed by atoms with Gasteiger partial charge in [-0.15, -0.1) is 11.8 Å². The number of hydrogen-bond acceptors (Lipinski definition) is 3. The van der Waals surface area contributed by atoms with E-state index in [1.54, 1.807) is 17.8 Å². The highest BCUT2D eigenvalue weighted by Gasteiger charge is 2.32. The van der Waals surface area contributed by atoms with Gasteiger partial charge in [-0.1, -0.05) is 18.2 Å². The number of hydrogen-bond donors (Lipinski definition) is 1. The van der Waals surface area contributed by atoms with Gasteiger partial charge in [-0.25, -0.2) is 4.79 Å². The zero-order valence-electron chi connectivity index (χ0n) is 10.5. The molecule has 2 aliphatic rings. The molecule has 5 heteroatoms. The van der Waals surface area contributed by atoms with E-state index >= 15 is 0 Å². The molecule has 0 saturated heterocycles. The number of fused-ring (bicyclic) bond motifs is 3. The van der Waals surface area contributed by atoms with Crippen molar-refractivity contribution in [1.82, 2.24) is 4.57 Å². The number of carboxylic acid groups (broad SMARTS) is 1. The third kappa shape index (κ3) is 1.38. The first-order valence-corrected chi connectivity index (χ1v) is 7.42. The minimum Gasteiger partial charge on any atom is -0.480 e. The van der Waals surface area contributed by atoms with Crippen LogP contribution < -0.4 is 0 Å². The third-order valence-corrected chi connectivity index (χ3v) is 5.04. The fourth-order valence-corrected chi connectivity index (χ4v) is 4.29. The van der Waals surface area contributed by atoms with Crippen LogP contribution in [0.15, 0.2) is 29.3 Å². The molecule has 1 N–H and O–H groups in total. The molecule has 100 valence electrons. The molecule has 4 rings (SSSR count). The zero-order chi connectivity index (χ0) is 13.9. The lowest BCUT2D eigenvalue weighted by Crippen LogP contribution is -2.24. The third-order valence-electron chi connectivity index (χ3n) is 3.91. The number of carboxylic acids is 1. The number of aromatic nitrogens is 1. The lowest BCUT2D eigenvalue weighted by molar-refractivity contribution is -0.141. The molecule has 0 spiro atoms. The van der Waals surface area contributed by atoms with Crippen LogP contribution in [0.1, 0.15) is 28.5 Å². The maximum absolute atomic E-state index is 12.0. The van der Waals surface area contributed by atoms with Crippen LogP contribution in [0.3, 0.4) is 0 Å². The maximum atomic E-state index is 12.0. The van der Waals surface area contributed by atoms with E-state index in [0.717, 1.165) is 27.2 Å². The summed E-state index contributed by atoms with van der Waals surface area (Å²) in [6, 6.07) is 5.10. The Balaban J connectivity index is 2.15. The minimum absolute atomic E-state index is 0.0112. The van der Waals surface area contributed by atoms with Gasteiger partial charge in [-0.05, 0) is 18.6 Å². The average molecular weight is 285 g/mol. The van der Waals surface area contributed by atoms with Crippen molar-refractivity contribution < 1.29 is 14.7 Å². The van der Waals surface area contributed by atoms with Crippen LogP contribution in [0.4, 0.5) is 0 Å². The number of carbonyl (C=O) groups excluding carboxylic acids is 1. The van der Waals surface area contributed by atoms with Gasteiger partial charge in [0, 0.05) is 22.1 Å². The van der Waals surface area contributed by atoms with Crippen LogP contribution in [-0.4, -0.2) is 27.2 Å². The van der Waals surface area contributed by atoms with Gasteiger partial charge in [-0.3, -0.25) is 4.79 Å². The Hall–Kier alpha value is -2.01. The van der Waals surface area contributed by atoms with Crippen LogP contribution in [0.25, 0.3) is 16.8 Å². The van der Waals surface area contributed by atoms with Crippen LogP contribution in [0, 0.1) is 0 Å². The minimum atomic E-state index is -0.810. The standard InChI is InChI=1S/C15H11NO3S/c17-12-5-4-10-13-8(12)2-1-3-9(13)14-16(10)11(15(18)19)6-7-20-14/h1-5,11H,6-7H2,(H,18,19). The number of thioether (sulfide) groups is 1. The molecule has 0 amide bonds. The second-order valence-corrected chi connectivity index (χ2v) is 6.06. The van der Waals surface area contributed by atoms with Gasteiger partial charge >= 0.3 is 5.97 Å². The fourth-order valence-electron chi connectivity index (χ4n) is 3.07. The first kappa shape index (κ1) is 11.8. The quantitative estimate of drug-likeness (QED) is 0.875. The highest BCUT2D eigenvalue weighted by atomic mass is 32.2. The molecule has 2 aromatic rings. The van der Waals surface area contributed by atoms with E-state index in [1.165, 1.54) is 6.08 Å². The van der Waals surface area contributed by atoms with E-state index < -0.39 is 12.0 Å². The van der Waals surface area contributed by atoms with Crippen LogP contribution >= 0.6 is 11.8 Å². The lowest BCUT2D eigenvalue weighted by atomic mass is 9.98. The molecule has 1 aromatic heterocycles. The van der Waals surface area contributed by atoms with E-state index in [-0.39, 0.29) is 5.78 Å². The maximum Gasteiger partial charge on any atom is 0.326 e. The number of allylic oxidation sites excluding steroid dienone is 1. The molecule has 1 aromatic carbocycles. The second-order valence-electron chi connectivity index (χ2n) is 4.98. The van der Waals surface area contributed by atoms with Crippen LogP contribution in [0.5, 0.6) is 0 Å². The van der Waals surface area contributed by atoms with Crippen molar-refractivity contribution in [2.24, 2.45) is 0 Å². The Morgan fingerprint density at radius 1 is 1.35 bits per heavy atom. The Labute approximate surface area is 119 Å². The summed E-state index contributed by atoms with van der Waals surface area (Å²) in [5, 5.41) is 12.3. The summed E-state index contributed by atoms with van der Waals surface area (Å²) in [7, 11) is 0. The molecule has 0 bridgehead atoms. The molecular formula is C15H11NO3S. The Morgan fingerprint density at radius 2 is 2.20 bits per heavy atom. The summed E-state index contributed by atoms with van der Waals surface area (Å²) in [5.74, 6) is -0.0323. The smallest absolute Gasteiger partial charge is 0.326 e. The molecule has 2 heterocycles. The van der Waals surface area contributed by atoms with E-state index in [1.807, 2.05) is 22.8 Å². The summed E-state index contributed by atoms with van der Waals surface area (Å²) in [6.07, 6.45) is 3.89. The second kappa shape index (κ2) is 3.99. The number of benzene rings is 1.